The van der Waals surface area contributed by atoms with Crippen molar-refractivity contribution in [2.45, 2.75) is 75.5 Å². The summed E-state index contributed by atoms with van der Waals surface area (Å²) in [5.74, 6) is 0.197. The number of nitrogens with zero attached hydrogens (tertiary/aromatic N) is 1. The lowest BCUT2D eigenvalue weighted by Gasteiger charge is -2.58. The fourth-order valence-electron chi connectivity index (χ4n) is 5.12. The van der Waals surface area contributed by atoms with Gasteiger partial charge in [0.05, 0.1) is 29.8 Å². The number of sulfone groups is 1. The fraction of sp³-hybridized carbons (Fsp3) is 0.947. The van der Waals surface area contributed by atoms with Crippen LogP contribution >= 0.6 is 0 Å². The van der Waals surface area contributed by atoms with Gasteiger partial charge in [-0.25, -0.2) is 8.42 Å². The molecule has 3 rings (SSSR count). The molecular formula is C19H33NO4S. The average molecular weight is 372 g/mol. The molecular weight excluding hydrogens is 338 g/mol. The first-order valence-electron chi connectivity index (χ1n) is 10.1. The molecule has 0 aromatic rings. The summed E-state index contributed by atoms with van der Waals surface area (Å²) in [7, 11) is -3.08. The zero-order valence-corrected chi connectivity index (χ0v) is 16.4. The molecule has 0 amide bonds. The Morgan fingerprint density at radius 1 is 1.00 bits per heavy atom. The van der Waals surface area contributed by atoms with E-state index in [4.69, 9.17) is 4.74 Å². The number of morpholine rings is 1. The van der Waals surface area contributed by atoms with Crippen molar-refractivity contribution in [2.75, 3.05) is 32.1 Å². The van der Waals surface area contributed by atoms with Gasteiger partial charge in [0.2, 0.25) is 0 Å². The van der Waals surface area contributed by atoms with Gasteiger partial charge >= 0.3 is 0 Å². The molecule has 0 aromatic heterocycles. The lowest BCUT2D eigenvalue weighted by Crippen LogP contribution is -2.76. The molecule has 0 aromatic carbocycles. The van der Waals surface area contributed by atoms with Crippen molar-refractivity contribution >= 4 is 15.6 Å². The summed E-state index contributed by atoms with van der Waals surface area (Å²) in [6.07, 6.45) is 9.00. The monoisotopic (exact) mass is 371 g/mol. The van der Waals surface area contributed by atoms with Gasteiger partial charge in [-0.2, -0.15) is 0 Å². The van der Waals surface area contributed by atoms with Gasteiger partial charge in [-0.3, -0.25) is 9.69 Å². The molecule has 0 unspecified atom stereocenters. The quantitative estimate of drug-likeness (QED) is 0.709. The Labute approximate surface area is 152 Å². The normalized spacial score (nSPS) is 38.5. The summed E-state index contributed by atoms with van der Waals surface area (Å²) in [6, 6.07) is 0. The van der Waals surface area contributed by atoms with Crippen LogP contribution in [0.2, 0.25) is 0 Å². The first kappa shape index (κ1) is 19.3. The third-order valence-electron chi connectivity index (χ3n) is 6.65. The Balaban J connectivity index is 1.89. The molecule has 2 aliphatic heterocycles. The van der Waals surface area contributed by atoms with E-state index in [0.717, 1.165) is 38.8 Å². The zero-order chi connectivity index (χ0) is 17.9. The molecule has 6 heteroatoms. The van der Waals surface area contributed by atoms with E-state index in [9.17, 15) is 13.2 Å². The highest BCUT2D eigenvalue weighted by molar-refractivity contribution is 7.93. The zero-order valence-electron chi connectivity index (χ0n) is 15.5. The van der Waals surface area contributed by atoms with Crippen molar-refractivity contribution in [3.05, 3.63) is 0 Å². The minimum Gasteiger partial charge on any atom is -0.379 e. The Hall–Kier alpha value is -0.460. The van der Waals surface area contributed by atoms with Crippen LogP contribution in [-0.2, 0) is 19.4 Å². The molecule has 3 atom stereocenters. The molecule has 2 heterocycles. The summed E-state index contributed by atoms with van der Waals surface area (Å²) in [5.41, 5.74) is -0.492. The topological polar surface area (TPSA) is 63.7 Å². The van der Waals surface area contributed by atoms with Crippen LogP contribution in [0.3, 0.4) is 0 Å². The lowest BCUT2D eigenvalue weighted by molar-refractivity contribution is -0.130. The second kappa shape index (κ2) is 8.05. The SMILES string of the molecule is C[C@H]1C(=O)CCCCCCCCC[C@@H]2[C@]1(N1CCOCC1)CS2(=O)=O. The Morgan fingerprint density at radius 3 is 2.24 bits per heavy atom. The van der Waals surface area contributed by atoms with Crippen molar-refractivity contribution in [1.82, 2.24) is 4.90 Å². The van der Waals surface area contributed by atoms with E-state index in [1.54, 1.807) is 0 Å². The van der Waals surface area contributed by atoms with Crippen LogP contribution in [0.25, 0.3) is 0 Å². The third-order valence-corrected chi connectivity index (χ3v) is 9.02. The smallest absolute Gasteiger partial charge is 0.156 e. The van der Waals surface area contributed by atoms with Crippen LogP contribution in [0.1, 0.15) is 64.7 Å². The van der Waals surface area contributed by atoms with Crippen LogP contribution in [0.5, 0.6) is 0 Å². The second-order valence-electron chi connectivity index (χ2n) is 8.09. The summed E-state index contributed by atoms with van der Waals surface area (Å²) < 4.78 is 30.8. The van der Waals surface area contributed by atoms with Crippen molar-refractivity contribution in [3.8, 4) is 0 Å². The largest absolute Gasteiger partial charge is 0.379 e. The van der Waals surface area contributed by atoms with E-state index in [1.807, 2.05) is 6.92 Å². The van der Waals surface area contributed by atoms with Gasteiger partial charge in [0.15, 0.2) is 9.84 Å². The molecule has 3 fully saturated rings. The van der Waals surface area contributed by atoms with Crippen LogP contribution < -0.4 is 0 Å². The van der Waals surface area contributed by atoms with Crippen LogP contribution in [-0.4, -0.2) is 61.9 Å². The standard InChI is InChI=1S/C19H33NO4S/c1-16-17(21)9-7-5-3-2-4-6-8-10-18-19(16,15-25(18,22)23)20-11-13-24-14-12-20/h16,18H,2-15H2,1H3/t16-,18+,19-/m0/s1. The highest BCUT2D eigenvalue weighted by Crippen LogP contribution is 2.47. The number of rotatable bonds is 1. The number of hydrogen-bond donors (Lipinski definition) is 0. The maximum atomic E-state index is 12.9. The number of fused-ring (bicyclic) bond motifs is 1. The first-order valence-corrected chi connectivity index (χ1v) is 11.8. The Morgan fingerprint density at radius 2 is 1.60 bits per heavy atom. The predicted octanol–water partition coefficient (Wildman–Crippen LogP) is 2.58. The van der Waals surface area contributed by atoms with E-state index < -0.39 is 15.4 Å². The number of Topliss-reactive ketones (excluding diaryl/α,β-unsaturated/α-hetero) is 1. The molecule has 25 heavy (non-hydrogen) atoms. The van der Waals surface area contributed by atoms with E-state index in [2.05, 4.69) is 4.90 Å². The number of ether oxygens (including phenoxy) is 1. The van der Waals surface area contributed by atoms with Crippen LogP contribution in [0.15, 0.2) is 0 Å². The molecule has 0 radical (unpaired) electrons. The molecule has 0 N–H and O–H groups in total. The highest BCUT2D eigenvalue weighted by Gasteiger charge is 2.64. The lowest BCUT2D eigenvalue weighted by atomic mass is 9.75. The van der Waals surface area contributed by atoms with E-state index in [-0.39, 0.29) is 22.7 Å². The van der Waals surface area contributed by atoms with Crippen molar-refractivity contribution in [3.63, 3.8) is 0 Å². The second-order valence-corrected chi connectivity index (χ2v) is 10.3. The van der Waals surface area contributed by atoms with Crippen molar-refractivity contribution in [1.29, 1.82) is 0 Å². The number of carbonyl (C=O) groups is 1. The molecule has 0 bridgehead atoms. The Kier molecular flexibility index (Phi) is 6.22. The molecule has 1 aliphatic carbocycles. The predicted molar refractivity (Wildman–Crippen MR) is 98.4 cm³/mol. The van der Waals surface area contributed by atoms with Gasteiger partial charge in [-0.15, -0.1) is 0 Å². The number of hydrogen-bond acceptors (Lipinski definition) is 5. The maximum Gasteiger partial charge on any atom is 0.156 e. The van der Waals surface area contributed by atoms with Crippen LogP contribution in [0.4, 0.5) is 0 Å². The fourth-order valence-corrected chi connectivity index (χ4v) is 7.88. The van der Waals surface area contributed by atoms with Crippen molar-refractivity contribution in [2.24, 2.45) is 5.92 Å². The molecule has 5 nitrogen and oxygen atoms in total. The van der Waals surface area contributed by atoms with Gasteiger partial charge in [0.25, 0.3) is 0 Å². The molecule has 3 aliphatic rings. The minimum absolute atomic E-state index is 0.150. The van der Waals surface area contributed by atoms with Gasteiger partial charge in [-0.1, -0.05) is 45.4 Å². The van der Waals surface area contributed by atoms with Crippen LogP contribution in [0, 0.1) is 5.92 Å². The minimum atomic E-state index is -3.08. The highest BCUT2D eigenvalue weighted by atomic mass is 32.2. The summed E-state index contributed by atoms with van der Waals surface area (Å²) in [6.45, 7) is 4.73. The summed E-state index contributed by atoms with van der Waals surface area (Å²) in [5, 5.41) is -0.377. The maximum absolute atomic E-state index is 12.9. The number of ketones is 1. The van der Waals surface area contributed by atoms with Gasteiger partial charge in [0.1, 0.15) is 5.78 Å². The summed E-state index contributed by atoms with van der Waals surface area (Å²) in [4.78, 5) is 15.2. The first-order chi connectivity index (χ1) is 12.0. The molecule has 1 saturated carbocycles. The van der Waals surface area contributed by atoms with Crippen molar-refractivity contribution < 1.29 is 17.9 Å². The van der Waals surface area contributed by atoms with E-state index in [0.29, 0.717) is 26.1 Å². The van der Waals surface area contributed by atoms with Gasteiger partial charge < -0.3 is 4.74 Å². The van der Waals surface area contributed by atoms with E-state index >= 15 is 0 Å². The molecule has 0 spiro atoms. The van der Waals surface area contributed by atoms with E-state index in [1.165, 1.54) is 19.3 Å². The molecule has 2 saturated heterocycles. The molecule has 144 valence electrons. The number of carbonyl (C=O) groups excluding carboxylic acids is 1. The summed E-state index contributed by atoms with van der Waals surface area (Å²) >= 11 is 0. The van der Waals surface area contributed by atoms with Gasteiger partial charge in [0, 0.05) is 25.4 Å². The third kappa shape index (κ3) is 3.81. The Bertz CT molecular complexity index is 570. The average Bonchev–Trinajstić information content (AvgIpc) is 2.61. The van der Waals surface area contributed by atoms with Gasteiger partial charge in [-0.05, 0) is 12.8 Å².